The Kier molecular flexibility index (Phi) is 5.80. The van der Waals surface area contributed by atoms with Crippen molar-refractivity contribution in [3.63, 3.8) is 0 Å². The number of rotatable bonds is 5. The van der Waals surface area contributed by atoms with Crippen LogP contribution in [0.4, 0.5) is 16.2 Å². The third-order valence-electron chi connectivity index (χ3n) is 5.36. The molecule has 1 fully saturated rings. The van der Waals surface area contributed by atoms with Crippen molar-refractivity contribution in [2.24, 2.45) is 0 Å². The number of carbonyl (C=O) groups is 2. The maximum atomic E-state index is 12.8. The summed E-state index contributed by atoms with van der Waals surface area (Å²) in [4.78, 5) is 26.6. The van der Waals surface area contributed by atoms with E-state index in [-0.39, 0.29) is 18.0 Å². The van der Waals surface area contributed by atoms with Gasteiger partial charge in [-0.15, -0.1) is 0 Å². The number of aryl methyl sites for hydroxylation is 1. The Bertz CT molecular complexity index is 995. The van der Waals surface area contributed by atoms with Gasteiger partial charge in [0.05, 0.1) is 6.04 Å². The number of urea groups is 1. The van der Waals surface area contributed by atoms with E-state index >= 15 is 0 Å². The van der Waals surface area contributed by atoms with Crippen LogP contribution >= 0.6 is 0 Å². The van der Waals surface area contributed by atoms with Gasteiger partial charge < -0.3 is 15.5 Å². The van der Waals surface area contributed by atoms with Crippen LogP contribution in [-0.4, -0.2) is 18.5 Å². The highest BCUT2D eigenvalue weighted by molar-refractivity contribution is 5.97. The number of nitrogens with zero attached hydrogens (tertiary/aromatic N) is 1. The number of anilines is 2. The second-order valence-electron chi connectivity index (χ2n) is 7.50. The minimum absolute atomic E-state index is 0.158. The maximum Gasteiger partial charge on any atom is 0.319 e. The van der Waals surface area contributed by atoms with Crippen molar-refractivity contribution >= 4 is 23.3 Å². The van der Waals surface area contributed by atoms with E-state index in [4.69, 9.17) is 0 Å². The van der Waals surface area contributed by atoms with Gasteiger partial charge in [-0.1, -0.05) is 60.7 Å². The van der Waals surface area contributed by atoms with Crippen molar-refractivity contribution < 1.29 is 9.59 Å². The molecule has 5 heteroatoms. The minimum Gasteiger partial charge on any atom is -0.327 e. The zero-order chi connectivity index (χ0) is 20.9. The molecule has 5 nitrogen and oxygen atoms in total. The van der Waals surface area contributed by atoms with Crippen LogP contribution in [-0.2, 0) is 4.79 Å². The van der Waals surface area contributed by atoms with E-state index in [0.29, 0.717) is 12.1 Å². The van der Waals surface area contributed by atoms with Crippen LogP contribution in [0.2, 0.25) is 0 Å². The SMILES string of the molecule is Cc1cc(NC(=O)NC(c2ccccc2)c2ccccc2)ccc1N1CCCC1=O. The lowest BCUT2D eigenvalue weighted by atomic mass is 9.99. The fraction of sp³-hybridized carbons (Fsp3) is 0.200. The van der Waals surface area contributed by atoms with E-state index < -0.39 is 0 Å². The van der Waals surface area contributed by atoms with Gasteiger partial charge in [0.15, 0.2) is 0 Å². The molecule has 3 amide bonds. The Hall–Kier alpha value is -3.60. The van der Waals surface area contributed by atoms with E-state index in [1.165, 1.54) is 0 Å². The van der Waals surface area contributed by atoms with Gasteiger partial charge in [-0.3, -0.25) is 4.79 Å². The van der Waals surface area contributed by atoms with Crippen LogP contribution < -0.4 is 15.5 Å². The molecule has 3 aromatic rings. The monoisotopic (exact) mass is 399 g/mol. The van der Waals surface area contributed by atoms with E-state index in [9.17, 15) is 9.59 Å². The molecule has 1 heterocycles. The summed E-state index contributed by atoms with van der Waals surface area (Å²) in [7, 11) is 0. The summed E-state index contributed by atoms with van der Waals surface area (Å²) in [5, 5.41) is 6.01. The molecule has 0 atom stereocenters. The predicted molar refractivity (Wildman–Crippen MR) is 120 cm³/mol. The van der Waals surface area contributed by atoms with Gasteiger partial charge in [-0.25, -0.2) is 4.79 Å². The van der Waals surface area contributed by atoms with Crippen molar-refractivity contribution in [3.8, 4) is 0 Å². The number of carbonyl (C=O) groups excluding carboxylic acids is 2. The molecule has 1 saturated heterocycles. The fourth-order valence-corrected chi connectivity index (χ4v) is 3.89. The third-order valence-corrected chi connectivity index (χ3v) is 5.36. The van der Waals surface area contributed by atoms with Gasteiger partial charge >= 0.3 is 6.03 Å². The molecule has 3 aromatic carbocycles. The Morgan fingerprint density at radius 1 is 0.933 bits per heavy atom. The first kappa shape index (κ1) is 19.7. The average Bonchev–Trinajstić information content (AvgIpc) is 3.19. The molecule has 2 N–H and O–H groups in total. The lowest BCUT2D eigenvalue weighted by Crippen LogP contribution is -2.33. The molecule has 1 aliphatic rings. The molecule has 152 valence electrons. The normalized spacial score (nSPS) is 13.5. The second kappa shape index (κ2) is 8.82. The molecule has 0 bridgehead atoms. The zero-order valence-electron chi connectivity index (χ0n) is 17.0. The number of nitrogens with one attached hydrogen (secondary N) is 2. The predicted octanol–water partition coefficient (Wildman–Crippen LogP) is 5.03. The van der Waals surface area contributed by atoms with Crippen LogP contribution in [0.3, 0.4) is 0 Å². The Morgan fingerprint density at radius 2 is 1.57 bits per heavy atom. The van der Waals surface area contributed by atoms with Crippen LogP contribution in [0.5, 0.6) is 0 Å². The topological polar surface area (TPSA) is 61.4 Å². The maximum absolute atomic E-state index is 12.8. The summed E-state index contributed by atoms with van der Waals surface area (Å²) in [5.74, 6) is 0.158. The molecule has 4 rings (SSSR count). The van der Waals surface area contributed by atoms with Crippen molar-refractivity contribution in [1.82, 2.24) is 5.32 Å². The molecule has 1 aliphatic heterocycles. The van der Waals surface area contributed by atoms with E-state index in [2.05, 4.69) is 10.6 Å². The summed E-state index contributed by atoms with van der Waals surface area (Å²) >= 11 is 0. The largest absolute Gasteiger partial charge is 0.327 e. The van der Waals surface area contributed by atoms with Gasteiger partial charge in [-0.05, 0) is 48.2 Å². The van der Waals surface area contributed by atoms with E-state index in [0.717, 1.165) is 35.3 Å². The molecule has 0 saturated carbocycles. The van der Waals surface area contributed by atoms with Crippen LogP contribution in [0.25, 0.3) is 0 Å². The molecule has 0 aromatic heterocycles. The minimum atomic E-state index is -0.280. The summed E-state index contributed by atoms with van der Waals surface area (Å²) in [6.45, 7) is 2.71. The van der Waals surface area contributed by atoms with Crippen LogP contribution in [0.1, 0.15) is 35.6 Å². The molecular weight excluding hydrogens is 374 g/mol. The molecule has 0 unspecified atom stereocenters. The van der Waals surface area contributed by atoms with Crippen molar-refractivity contribution in [2.45, 2.75) is 25.8 Å². The number of hydrogen-bond acceptors (Lipinski definition) is 2. The summed E-state index contributed by atoms with van der Waals surface area (Å²) in [5.41, 5.74) is 4.59. The van der Waals surface area contributed by atoms with Gasteiger partial charge in [0.2, 0.25) is 5.91 Å². The first-order chi connectivity index (χ1) is 14.6. The number of amides is 3. The van der Waals surface area contributed by atoms with Gasteiger partial charge in [0, 0.05) is 24.3 Å². The summed E-state index contributed by atoms with van der Waals surface area (Å²) in [6.07, 6.45) is 1.49. The zero-order valence-corrected chi connectivity index (χ0v) is 17.0. The lowest BCUT2D eigenvalue weighted by molar-refractivity contribution is -0.117. The Morgan fingerprint density at radius 3 is 2.10 bits per heavy atom. The van der Waals surface area contributed by atoms with Gasteiger partial charge in [0.1, 0.15) is 0 Å². The smallest absolute Gasteiger partial charge is 0.319 e. The lowest BCUT2D eigenvalue weighted by Gasteiger charge is -2.21. The summed E-state index contributed by atoms with van der Waals surface area (Å²) < 4.78 is 0. The van der Waals surface area contributed by atoms with Crippen LogP contribution in [0.15, 0.2) is 78.9 Å². The average molecular weight is 399 g/mol. The molecule has 30 heavy (non-hydrogen) atoms. The number of hydrogen-bond donors (Lipinski definition) is 2. The molecule has 0 spiro atoms. The Labute approximate surface area is 176 Å². The van der Waals surface area contributed by atoms with E-state index in [1.54, 1.807) is 0 Å². The molecule has 0 radical (unpaired) electrons. The highest BCUT2D eigenvalue weighted by atomic mass is 16.2. The highest BCUT2D eigenvalue weighted by Crippen LogP contribution is 2.28. The van der Waals surface area contributed by atoms with E-state index in [1.807, 2.05) is 90.7 Å². The quantitative estimate of drug-likeness (QED) is 0.632. The number of benzene rings is 3. The third kappa shape index (κ3) is 4.35. The Balaban J connectivity index is 1.50. The van der Waals surface area contributed by atoms with Gasteiger partial charge in [0.25, 0.3) is 0 Å². The molecular formula is C25H25N3O2. The van der Waals surface area contributed by atoms with Gasteiger partial charge in [-0.2, -0.15) is 0 Å². The molecule has 0 aliphatic carbocycles. The first-order valence-corrected chi connectivity index (χ1v) is 10.2. The van der Waals surface area contributed by atoms with Crippen molar-refractivity contribution in [2.75, 3.05) is 16.8 Å². The second-order valence-corrected chi connectivity index (χ2v) is 7.50. The highest BCUT2D eigenvalue weighted by Gasteiger charge is 2.23. The first-order valence-electron chi connectivity index (χ1n) is 10.2. The van der Waals surface area contributed by atoms with Crippen molar-refractivity contribution in [1.29, 1.82) is 0 Å². The summed E-state index contributed by atoms with van der Waals surface area (Å²) in [6, 6.07) is 24.9. The standard InChI is InChI=1S/C25H25N3O2/c1-18-17-21(14-15-22(18)28-16-8-13-23(28)29)26-25(30)27-24(19-9-4-2-5-10-19)20-11-6-3-7-12-20/h2-7,9-12,14-15,17,24H,8,13,16H2,1H3,(H2,26,27,30). The van der Waals surface area contributed by atoms with Crippen LogP contribution in [0, 0.1) is 6.92 Å². The van der Waals surface area contributed by atoms with Crippen molar-refractivity contribution in [3.05, 3.63) is 95.6 Å². The fourth-order valence-electron chi connectivity index (χ4n) is 3.89.